The van der Waals surface area contributed by atoms with E-state index >= 15 is 0 Å². The van der Waals surface area contributed by atoms with Crippen LogP contribution in [0.4, 0.5) is 11.4 Å². The highest BCUT2D eigenvalue weighted by atomic mass is 32.2. The molecule has 5 nitrogen and oxygen atoms in total. The number of benzene rings is 1. The van der Waals surface area contributed by atoms with Crippen LogP contribution in [-0.4, -0.2) is 28.3 Å². The fourth-order valence-electron chi connectivity index (χ4n) is 2.18. The van der Waals surface area contributed by atoms with Crippen molar-refractivity contribution in [1.29, 1.82) is 0 Å². The van der Waals surface area contributed by atoms with E-state index < -0.39 is 10.0 Å². The first-order chi connectivity index (χ1) is 8.40. The van der Waals surface area contributed by atoms with Crippen molar-refractivity contribution in [1.82, 2.24) is 0 Å². The molecule has 2 rings (SSSR count). The SMILES string of the molecule is COc1cc2c(cc1NS(C)(=O)=O)NCCC2C. The predicted molar refractivity (Wildman–Crippen MR) is 73.0 cm³/mol. The van der Waals surface area contributed by atoms with E-state index in [2.05, 4.69) is 17.0 Å². The quantitative estimate of drug-likeness (QED) is 0.881. The molecule has 1 aliphatic rings. The molecule has 0 aromatic heterocycles. The first-order valence-electron chi connectivity index (χ1n) is 5.84. The molecule has 0 saturated heterocycles. The van der Waals surface area contributed by atoms with Crippen molar-refractivity contribution in [2.45, 2.75) is 19.3 Å². The van der Waals surface area contributed by atoms with Gasteiger partial charge in [-0.2, -0.15) is 0 Å². The van der Waals surface area contributed by atoms with Crippen LogP contribution in [0.25, 0.3) is 0 Å². The molecule has 0 saturated carbocycles. The Hall–Kier alpha value is -1.43. The molecule has 0 bridgehead atoms. The van der Waals surface area contributed by atoms with Gasteiger partial charge in [0, 0.05) is 12.2 Å². The first kappa shape index (κ1) is 13.0. The lowest BCUT2D eigenvalue weighted by atomic mass is 9.92. The number of nitrogens with one attached hydrogen (secondary N) is 2. The van der Waals surface area contributed by atoms with Crippen molar-refractivity contribution in [3.63, 3.8) is 0 Å². The van der Waals surface area contributed by atoms with E-state index in [0.717, 1.165) is 30.5 Å². The van der Waals surface area contributed by atoms with Gasteiger partial charge in [0.15, 0.2) is 0 Å². The maximum atomic E-state index is 11.3. The Bertz CT molecular complexity index is 555. The second-order valence-corrected chi connectivity index (χ2v) is 6.38. The highest BCUT2D eigenvalue weighted by Gasteiger charge is 2.20. The summed E-state index contributed by atoms with van der Waals surface area (Å²) in [5, 5.41) is 3.28. The Morgan fingerprint density at radius 1 is 1.44 bits per heavy atom. The molecule has 18 heavy (non-hydrogen) atoms. The Kier molecular flexibility index (Phi) is 3.38. The fourth-order valence-corrected chi connectivity index (χ4v) is 2.74. The van der Waals surface area contributed by atoms with Gasteiger partial charge in [0.1, 0.15) is 5.75 Å². The topological polar surface area (TPSA) is 67.4 Å². The normalized spacial score (nSPS) is 18.7. The van der Waals surface area contributed by atoms with Gasteiger partial charge in [0.05, 0.1) is 19.1 Å². The molecule has 1 aromatic rings. The Morgan fingerprint density at radius 2 is 2.17 bits per heavy atom. The molecule has 0 radical (unpaired) electrons. The standard InChI is InChI=1S/C12H18N2O3S/c1-8-4-5-13-10-7-11(14-18(3,15)16)12(17-2)6-9(8)10/h6-8,13-14H,4-5H2,1-3H3. The van der Waals surface area contributed by atoms with Crippen molar-refractivity contribution in [2.75, 3.05) is 29.9 Å². The van der Waals surface area contributed by atoms with Gasteiger partial charge in [-0.15, -0.1) is 0 Å². The third-order valence-electron chi connectivity index (χ3n) is 3.09. The molecule has 0 amide bonds. The van der Waals surface area contributed by atoms with Gasteiger partial charge in [0.2, 0.25) is 10.0 Å². The summed E-state index contributed by atoms with van der Waals surface area (Å²) in [4.78, 5) is 0. The van der Waals surface area contributed by atoms with Crippen LogP contribution >= 0.6 is 0 Å². The fraction of sp³-hybridized carbons (Fsp3) is 0.500. The lowest BCUT2D eigenvalue weighted by molar-refractivity contribution is 0.415. The minimum absolute atomic E-state index is 0.447. The predicted octanol–water partition coefficient (Wildman–Crippen LogP) is 1.99. The van der Waals surface area contributed by atoms with Gasteiger partial charge < -0.3 is 10.1 Å². The maximum Gasteiger partial charge on any atom is 0.229 e. The second-order valence-electron chi connectivity index (χ2n) is 4.63. The monoisotopic (exact) mass is 270 g/mol. The third-order valence-corrected chi connectivity index (χ3v) is 3.68. The lowest BCUT2D eigenvalue weighted by Crippen LogP contribution is -2.17. The van der Waals surface area contributed by atoms with Gasteiger partial charge in [0.25, 0.3) is 0 Å². The molecule has 1 atom stereocenters. The van der Waals surface area contributed by atoms with Crippen LogP contribution in [0.1, 0.15) is 24.8 Å². The van der Waals surface area contributed by atoms with Crippen molar-refractivity contribution < 1.29 is 13.2 Å². The summed E-state index contributed by atoms with van der Waals surface area (Å²) in [5.41, 5.74) is 2.61. The second kappa shape index (κ2) is 4.68. The number of anilines is 2. The van der Waals surface area contributed by atoms with Crippen molar-refractivity contribution in [3.8, 4) is 5.75 Å². The largest absolute Gasteiger partial charge is 0.495 e. The van der Waals surface area contributed by atoms with E-state index in [4.69, 9.17) is 4.74 Å². The molecule has 1 aliphatic heterocycles. The van der Waals surface area contributed by atoms with Gasteiger partial charge in [-0.1, -0.05) is 6.92 Å². The molecule has 100 valence electrons. The summed E-state index contributed by atoms with van der Waals surface area (Å²) in [7, 11) is -1.77. The molecular formula is C12H18N2O3S. The van der Waals surface area contributed by atoms with Crippen molar-refractivity contribution in [2.24, 2.45) is 0 Å². The number of fused-ring (bicyclic) bond motifs is 1. The van der Waals surface area contributed by atoms with Crippen LogP contribution in [0.15, 0.2) is 12.1 Å². The minimum atomic E-state index is -3.31. The maximum absolute atomic E-state index is 11.3. The van der Waals surface area contributed by atoms with Gasteiger partial charge in [-0.3, -0.25) is 4.72 Å². The molecular weight excluding hydrogens is 252 g/mol. The van der Waals surface area contributed by atoms with E-state index in [1.54, 1.807) is 6.07 Å². The molecule has 1 unspecified atom stereocenters. The van der Waals surface area contributed by atoms with Crippen LogP contribution in [0.3, 0.4) is 0 Å². The highest BCUT2D eigenvalue weighted by molar-refractivity contribution is 7.92. The Morgan fingerprint density at radius 3 is 2.78 bits per heavy atom. The lowest BCUT2D eigenvalue weighted by Gasteiger charge is -2.25. The first-order valence-corrected chi connectivity index (χ1v) is 7.73. The van der Waals surface area contributed by atoms with E-state index in [1.165, 1.54) is 7.11 Å². The zero-order chi connectivity index (χ0) is 13.3. The van der Waals surface area contributed by atoms with Crippen LogP contribution in [0.5, 0.6) is 5.75 Å². The molecule has 0 spiro atoms. The number of hydrogen-bond donors (Lipinski definition) is 2. The molecule has 1 aromatic carbocycles. The molecule has 1 heterocycles. The summed E-state index contributed by atoms with van der Waals surface area (Å²) in [6.45, 7) is 3.06. The zero-order valence-electron chi connectivity index (χ0n) is 10.8. The molecule has 2 N–H and O–H groups in total. The summed E-state index contributed by atoms with van der Waals surface area (Å²) < 4.78 is 30.4. The summed E-state index contributed by atoms with van der Waals surface area (Å²) in [6.07, 6.45) is 2.19. The Balaban J connectivity index is 2.47. The third kappa shape index (κ3) is 2.69. The average Bonchev–Trinajstić information content (AvgIpc) is 2.26. The molecule has 0 fully saturated rings. The Labute approximate surface area is 108 Å². The van der Waals surface area contributed by atoms with E-state index in [1.807, 2.05) is 6.07 Å². The van der Waals surface area contributed by atoms with Crippen LogP contribution in [0, 0.1) is 0 Å². The van der Waals surface area contributed by atoms with Gasteiger partial charge >= 0.3 is 0 Å². The van der Waals surface area contributed by atoms with Gasteiger partial charge in [-0.05, 0) is 30.0 Å². The van der Waals surface area contributed by atoms with E-state index in [0.29, 0.717) is 17.4 Å². The number of methoxy groups -OCH3 is 1. The summed E-state index contributed by atoms with van der Waals surface area (Å²) in [6, 6.07) is 3.70. The molecule has 0 aliphatic carbocycles. The van der Waals surface area contributed by atoms with E-state index in [-0.39, 0.29) is 0 Å². The van der Waals surface area contributed by atoms with Crippen LogP contribution < -0.4 is 14.8 Å². The highest BCUT2D eigenvalue weighted by Crippen LogP contribution is 2.38. The molecule has 6 heteroatoms. The van der Waals surface area contributed by atoms with Crippen LogP contribution in [-0.2, 0) is 10.0 Å². The van der Waals surface area contributed by atoms with E-state index in [9.17, 15) is 8.42 Å². The number of rotatable bonds is 3. The smallest absolute Gasteiger partial charge is 0.229 e. The van der Waals surface area contributed by atoms with Crippen molar-refractivity contribution in [3.05, 3.63) is 17.7 Å². The zero-order valence-corrected chi connectivity index (χ0v) is 11.6. The van der Waals surface area contributed by atoms with Gasteiger partial charge in [-0.25, -0.2) is 8.42 Å². The number of ether oxygens (including phenoxy) is 1. The number of hydrogen-bond acceptors (Lipinski definition) is 4. The average molecular weight is 270 g/mol. The summed E-state index contributed by atoms with van der Waals surface area (Å²) >= 11 is 0. The van der Waals surface area contributed by atoms with Crippen molar-refractivity contribution >= 4 is 21.4 Å². The minimum Gasteiger partial charge on any atom is -0.495 e. The number of sulfonamides is 1. The summed E-state index contributed by atoms with van der Waals surface area (Å²) in [5.74, 6) is 0.997. The van der Waals surface area contributed by atoms with Crippen LogP contribution in [0.2, 0.25) is 0 Å².